The van der Waals surface area contributed by atoms with E-state index in [1.165, 1.54) is 5.56 Å². The summed E-state index contributed by atoms with van der Waals surface area (Å²) in [6.07, 6.45) is 2.33. The second-order valence-electron chi connectivity index (χ2n) is 5.85. The van der Waals surface area contributed by atoms with Crippen LogP contribution in [0, 0.1) is 6.92 Å². The van der Waals surface area contributed by atoms with Gasteiger partial charge in [0.1, 0.15) is 0 Å². The van der Waals surface area contributed by atoms with Crippen LogP contribution in [0.4, 0.5) is 4.79 Å². The zero-order valence-corrected chi connectivity index (χ0v) is 13.0. The van der Waals surface area contributed by atoms with E-state index in [0.29, 0.717) is 12.8 Å². The number of hydrogen-bond acceptors (Lipinski definition) is 1. The van der Waals surface area contributed by atoms with E-state index < -0.39 is 6.09 Å². The first-order valence-corrected chi connectivity index (χ1v) is 7.72. The largest absolute Gasteiger partial charge is 0.465 e. The van der Waals surface area contributed by atoms with Gasteiger partial charge in [-0.15, -0.1) is 0 Å². The fourth-order valence-electron chi connectivity index (χ4n) is 3.05. The molecule has 23 heavy (non-hydrogen) atoms. The van der Waals surface area contributed by atoms with Crippen molar-refractivity contribution in [3.8, 4) is 0 Å². The van der Waals surface area contributed by atoms with Gasteiger partial charge in [0.25, 0.3) is 0 Å². The molecule has 118 valence electrons. The Balaban J connectivity index is 1.85. The first-order chi connectivity index (χ1) is 11.1. The third-order valence-corrected chi connectivity index (χ3v) is 4.13. The van der Waals surface area contributed by atoms with Crippen molar-refractivity contribution in [1.82, 2.24) is 10.3 Å². The molecule has 0 aliphatic rings. The van der Waals surface area contributed by atoms with E-state index in [0.717, 1.165) is 22.0 Å². The SMILES string of the molecule is Cc1cccc2c(CC(Cc3ccccc3)NC(=O)O)c[nH]c12. The molecule has 3 rings (SSSR count). The Morgan fingerprint density at radius 2 is 1.91 bits per heavy atom. The van der Waals surface area contributed by atoms with Crippen LogP contribution in [0.25, 0.3) is 10.9 Å². The summed E-state index contributed by atoms with van der Waals surface area (Å²) in [6, 6.07) is 16.0. The van der Waals surface area contributed by atoms with Crippen molar-refractivity contribution in [2.24, 2.45) is 0 Å². The molecule has 3 N–H and O–H groups in total. The topological polar surface area (TPSA) is 65.1 Å². The van der Waals surface area contributed by atoms with E-state index in [1.807, 2.05) is 42.6 Å². The fraction of sp³-hybridized carbons (Fsp3) is 0.211. The van der Waals surface area contributed by atoms with Gasteiger partial charge in [0.05, 0.1) is 0 Å². The predicted molar refractivity (Wildman–Crippen MR) is 91.8 cm³/mol. The van der Waals surface area contributed by atoms with Crippen LogP contribution in [-0.2, 0) is 12.8 Å². The molecule has 1 aromatic heterocycles. The predicted octanol–water partition coefficient (Wildman–Crippen LogP) is 3.90. The normalized spacial score (nSPS) is 12.2. The van der Waals surface area contributed by atoms with Gasteiger partial charge < -0.3 is 15.4 Å². The first kappa shape index (κ1) is 15.2. The monoisotopic (exact) mass is 308 g/mol. The number of amides is 1. The lowest BCUT2D eigenvalue weighted by Gasteiger charge is -2.17. The quantitative estimate of drug-likeness (QED) is 0.669. The standard InChI is InChI=1S/C19H20N2O2/c1-13-6-5-9-17-15(12-20-18(13)17)11-16(21-19(22)23)10-14-7-3-2-4-8-14/h2-9,12,16,20-21H,10-11H2,1H3,(H,22,23). The molecule has 4 heteroatoms. The molecule has 0 aliphatic heterocycles. The molecular weight excluding hydrogens is 288 g/mol. The number of fused-ring (bicyclic) bond motifs is 1. The number of benzene rings is 2. The van der Waals surface area contributed by atoms with Crippen LogP contribution >= 0.6 is 0 Å². The molecule has 0 radical (unpaired) electrons. The summed E-state index contributed by atoms with van der Waals surface area (Å²) in [5.41, 5.74) is 4.58. The molecule has 1 heterocycles. The van der Waals surface area contributed by atoms with Crippen molar-refractivity contribution in [2.75, 3.05) is 0 Å². The first-order valence-electron chi connectivity index (χ1n) is 7.72. The number of hydrogen-bond donors (Lipinski definition) is 3. The number of aryl methyl sites for hydroxylation is 1. The Kier molecular flexibility index (Phi) is 4.33. The van der Waals surface area contributed by atoms with Gasteiger partial charge in [-0.2, -0.15) is 0 Å². The van der Waals surface area contributed by atoms with Crippen LogP contribution < -0.4 is 5.32 Å². The van der Waals surface area contributed by atoms with Gasteiger partial charge in [0, 0.05) is 23.1 Å². The highest BCUT2D eigenvalue weighted by molar-refractivity contribution is 5.86. The van der Waals surface area contributed by atoms with Crippen LogP contribution in [0.1, 0.15) is 16.7 Å². The maximum absolute atomic E-state index is 11.1. The van der Waals surface area contributed by atoms with Gasteiger partial charge in [-0.05, 0) is 36.5 Å². The van der Waals surface area contributed by atoms with Gasteiger partial charge in [0.2, 0.25) is 0 Å². The smallest absolute Gasteiger partial charge is 0.404 e. The highest BCUT2D eigenvalue weighted by atomic mass is 16.4. The minimum Gasteiger partial charge on any atom is -0.465 e. The molecule has 1 amide bonds. The average molecular weight is 308 g/mol. The second-order valence-corrected chi connectivity index (χ2v) is 5.85. The number of rotatable bonds is 5. The molecule has 0 spiro atoms. The van der Waals surface area contributed by atoms with E-state index in [4.69, 9.17) is 5.11 Å². The number of carbonyl (C=O) groups is 1. The Morgan fingerprint density at radius 1 is 1.13 bits per heavy atom. The molecule has 1 unspecified atom stereocenters. The molecular formula is C19H20N2O2. The third kappa shape index (κ3) is 3.54. The summed E-state index contributed by atoms with van der Waals surface area (Å²) >= 11 is 0. The Morgan fingerprint density at radius 3 is 2.65 bits per heavy atom. The second kappa shape index (κ2) is 6.57. The number of aromatic amines is 1. The molecule has 1 atom stereocenters. The van der Waals surface area contributed by atoms with E-state index in [9.17, 15) is 4.79 Å². The maximum Gasteiger partial charge on any atom is 0.404 e. The summed E-state index contributed by atoms with van der Waals surface area (Å²) in [6.45, 7) is 2.07. The molecule has 4 nitrogen and oxygen atoms in total. The number of para-hydroxylation sites is 1. The average Bonchev–Trinajstić information content (AvgIpc) is 2.92. The minimum absolute atomic E-state index is 0.158. The van der Waals surface area contributed by atoms with Crippen molar-refractivity contribution in [3.63, 3.8) is 0 Å². The molecule has 0 saturated heterocycles. The van der Waals surface area contributed by atoms with Crippen LogP contribution in [-0.4, -0.2) is 22.2 Å². The fourth-order valence-corrected chi connectivity index (χ4v) is 3.05. The van der Waals surface area contributed by atoms with E-state index in [-0.39, 0.29) is 6.04 Å². The molecule has 3 aromatic rings. The Hall–Kier alpha value is -2.75. The molecule has 2 aromatic carbocycles. The highest BCUT2D eigenvalue weighted by Gasteiger charge is 2.16. The van der Waals surface area contributed by atoms with Crippen molar-refractivity contribution in [3.05, 3.63) is 71.4 Å². The van der Waals surface area contributed by atoms with Crippen molar-refractivity contribution in [1.29, 1.82) is 0 Å². The minimum atomic E-state index is -0.984. The van der Waals surface area contributed by atoms with Gasteiger partial charge in [-0.25, -0.2) is 4.79 Å². The number of aromatic nitrogens is 1. The van der Waals surface area contributed by atoms with Crippen LogP contribution in [0.3, 0.4) is 0 Å². The summed E-state index contributed by atoms with van der Waals surface area (Å²) in [5.74, 6) is 0. The van der Waals surface area contributed by atoms with Crippen LogP contribution in [0.5, 0.6) is 0 Å². The van der Waals surface area contributed by atoms with Gasteiger partial charge in [-0.3, -0.25) is 0 Å². The maximum atomic E-state index is 11.1. The molecule has 0 fully saturated rings. The van der Waals surface area contributed by atoms with E-state index >= 15 is 0 Å². The molecule has 0 bridgehead atoms. The number of nitrogens with one attached hydrogen (secondary N) is 2. The zero-order valence-electron chi connectivity index (χ0n) is 13.0. The molecule has 0 saturated carbocycles. The van der Waals surface area contributed by atoms with E-state index in [1.54, 1.807) is 0 Å². The van der Waals surface area contributed by atoms with Crippen LogP contribution in [0.2, 0.25) is 0 Å². The van der Waals surface area contributed by atoms with Crippen molar-refractivity contribution >= 4 is 17.0 Å². The van der Waals surface area contributed by atoms with Gasteiger partial charge in [0.15, 0.2) is 0 Å². The van der Waals surface area contributed by atoms with Crippen molar-refractivity contribution < 1.29 is 9.90 Å². The lowest BCUT2D eigenvalue weighted by molar-refractivity contribution is 0.189. The Labute approximate surface area is 135 Å². The zero-order chi connectivity index (χ0) is 16.2. The summed E-state index contributed by atoms with van der Waals surface area (Å²) < 4.78 is 0. The van der Waals surface area contributed by atoms with Crippen molar-refractivity contribution in [2.45, 2.75) is 25.8 Å². The number of carboxylic acid groups (broad SMARTS) is 1. The highest BCUT2D eigenvalue weighted by Crippen LogP contribution is 2.23. The Bertz CT molecular complexity index is 809. The lowest BCUT2D eigenvalue weighted by Crippen LogP contribution is -2.37. The van der Waals surface area contributed by atoms with Crippen LogP contribution in [0.15, 0.2) is 54.7 Å². The molecule has 0 aliphatic carbocycles. The van der Waals surface area contributed by atoms with Gasteiger partial charge in [-0.1, -0.05) is 48.5 Å². The lowest BCUT2D eigenvalue weighted by atomic mass is 9.98. The van der Waals surface area contributed by atoms with E-state index in [2.05, 4.69) is 29.4 Å². The third-order valence-electron chi connectivity index (χ3n) is 4.13. The summed E-state index contributed by atoms with van der Waals surface area (Å²) in [4.78, 5) is 14.4. The number of H-pyrrole nitrogens is 1. The van der Waals surface area contributed by atoms with Gasteiger partial charge >= 0.3 is 6.09 Å². The summed E-state index contributed by atoms with van der Waals surface area (Å²) in [7, 11) is 0. The summed E-state index contributed by atoms with van der Waals surface area (Å²) in [5, 5.41) is 12.9.